The largest absolute Gasteiger partial charge is 0.370 e. The van der Waals surface area contributed by atoms with Gasteiger partial charge < -0.3 is 14.7 Å². The number of carbonyl (C=O) groups excluding carboxylic acids is 2. The van der Waals surface area contributed by atoms with Gasteiger partial charge in [0, 0.05) is 62.3 Å². The van der Waals surface area contributed by atoms with E-state index in [4.69, 9.17) is 0 Å². The number of aryl methyl sites for hydroxylation is 1. The van der Waals surface area contributed by atoms with Crippen LogP contribution in [0.5, 0.6) is 0 Å². The molecule has 6 rings (SSSR count). The Labute approximate surface area is 232 Å². The van der Waals surface area contributed by atoms with E-state index in [0.717, 1.165) is 18.4 Å². The monoisotopic (exact) mass is 543 g/mol. The zero-order chi connectivity index (χ0) is 28.0. The predicted molar refractivity (Wildman–Crippen MR) is 147 cm³/mol. The maximum absolute atomic E-state index is 15.0. The van der Waals surface area contributed by atoms with E-state index < -0.39 is 11.2 Å². The van der Waals surface area contributed by atoms with Gasteiger partial charge in [-0.25, -0.2) is 8.78 Å². The zero-order valence-corrected chi connectivity index (χ0v) is 22.5. The Morgan fingerprint density at radius 1 is 0.975 bits per heavy atom. The smallest absolute Gasteiger partial charge is 0.257 e. The predicted octanol–water partition coefficient (Wildman–Crippen LogP) is 4.58. The number of pyridine rings is 1. The number of hydrogen-bond acceptors (Lipinski definition) is 5. The molecule has 2 aromatic carbocycles. The van der Waals surface area contributed by atoms with Crippen LogP contribution >= 0.6 is 0 Å². The molecule has 206 valence electrons. The fraction of sp³-hybridized carbons (Fsp3) is 0.419. The fourth-order valence-electron chi connectivity index (χ4n) is 6.10. The lowest BCUT2D eigenvalue weighted by atomic mass is 9.73. The molecule has 0 radical (unpaired) electrons. The first-order chi connectivity index (χ1) is 19.3. The molecule has 3 heterocycles. The highest BCUT2D eigenvalue weighted by atomic mass is 19.1. The molecular weight excluding hydrogens is 512 g/mol. The normalized spacial score (nSPS) is 19.0. The first kappa shape index (κ1) is 26.2. The van der Waals surface area contributed by atoms with Crippen LogP contribution in [0.25, 0.3) is 10.9 Å². The topological polar surface area (TPSA) is 80.5 Å². The summed E-state index contributed by atoms with van der Waals surface area (Å²) in [6, 6.07) is 11.7. The molecule has 3 fully saturated rings. The van der Waals surface area contributed by atoms with Crippen molar-refractivity contribution in [2.24, 2.45) is 5.92 Å². The van der Waals surface area contributed by atoms with Crippen LogP contribution in [-0.2, 0) is 10.2 Å². The molecular formula is C31H31F2N5O2. The SMILES string of the molecule is Cc1ccc(C2(C#N)CCN(c3c(C(=O)N4CCN(C(=O)C5CC5)CC4)cnc4ccc(F)cc34)CC2)c(F)c1. The van der Waals surface area contributed by atoms with Crippen LogP contribution in [0.4, 0.5) is 14.5 Å². The minimum atomic E-state index is -0.989. The number of halogens is 2. The van der Waals surface area contributed by atoms with Crippen molar-refractivity contribution in [3.8, 4) is 6.07 Å². The second-order valence-electron chi connectivity index (χ2n) is 11.2. The first-order valence-corrected chi connectivity index (χ1v) is 13.9. The van der Waals surface area contributed by atoms with Gasteiger partial charge in [0.2, 0.25) is 5.91 Å². The van der Waals surface area contributed by atoms with Gasteiger partial charge in [0.25, 0.3) is 5.91 Å². The molecule has 3 aromatic rings. The molecule has 9 heteroatoms. The van der Waals surface area contributed by atoms with E-state index in [2.05, 4.69) is 11.1 Å². The molecule has 1 aromatic heterocycles. The Kier molecular flexibility index (Phi) is 6.65. The van der Waals surface area contributed by atoms with Crippen molar-refractivity contribution in [3.63, 3.8) is 0 Å². The van der Waals surface area contributed by atoms with Crippen LogP contribution in [-0.4, -0.2) is 65.9 Å². The third-order valence-electron chi connectivity index (χ3n) is 8.62. The van der Waals surface area contributed by atoms with Gasteiger partial charge in [-0.3, -0.25) is 14.6 Å². The molecule has 0 N–H and O–H groups in total. The number of carbonyl (C=O) groups is 2. The fourth-order valence-corrected chi connectivity index (χ4v) is 6.10. The number of amides is 2. The Balaban J connectivity index is 1.30. The Morgan fingerprint density at radius 3 is 2.33 bits per heavy atom. The van der Waals surface area contributed by atoms with E-state index in [-0.39, 0.29) is 23.5 Å². The number of hydrogen-bond donors (Lipinski definition) is 0. The number of piperidine rings is 1. The summed E-state index contributed by atoms with van der Waals surface area (Å²) in [5.74, 6) is -0.718. The molecule has 0 spiro atoms. The Hall–Kier alpha value is -4.06. The second kappa shape index (κ2) is 10.2. The minimum Gasteiger partial charge on any atom is -0.370 e. The average Bonchev–Trinajstić information content (AvgIpc) is 3.82. The highest BCUT2D eigenvalue weighted by Crippen LogP contribution is 2.41. The molecule has 2 amide bonds. The molecule has 3 aliphatic rings. The van der Waals surface area contributed by atoms with Gasteiger partial charge >= 0.3 is 0 Å². The van der Waals surface area contributed by atoms with Gasteiger partial charge in [-0.1, -0.05) is 12.1 Å². The second-order valence-corrected chi connectivity index (χ2v) is 11.2. The van der Waals surface area contributed by atoms with Gasteiger partial charge in [0.05, 0.1) is 28.3 Å². The number of aromatic nitrogens is 1. The van der Waals surface area contributed by atoms with Crippen molar-refractivity contribution in [1.82, 2.24) is 14.8 Å². The number of piperazine rings is 1. The number of nitriles is 1. The van der Waals surface area contributed by atoms with Crippen molar-refractivity contribution < 1.29 is 18.4 Å². The van der Waals surface area contributed by atoms with Gasteiger partial charge in [0.1, 0.15) is 11.6 Å². The van der Waals surface area contributed by atoms with Gasteiger partial charge in [-0.2, -0.15) is 5.26 Å². The van der Waals surface area contributed by atoms with Crippen molar-refractivity contribution in [1.29, 1.82) is 5.26 Å². The molecule has 0 bridgehead atoms. The molecule has 2 aliphatic heterocycles. The Morgan fingerprint density at radius 2 is 1.68 bits per heavy atom. The summed E-state index contributed by atoms with van der Waals surface area (Å²) in [7, 11) is 0. The van der Waals surface area contributed by atoms with E-state index in [0.29, 0.717) is 79.8 Å². The summed E-state index contributed by atoms with van der Waals surface area (Å²) < 4.78 is 29.4. The van der Waals surface area contributed by atoms with E-state index in [9.17, 15) is 23.6 Å². The number of nitrogens with zero attached hydrogens (tertiary/aromatic N) is 5. The Bertz CT molecular complexity index is 1530. The van der Waals surface area contributed by atoms with Crippen molar-refractivity contribution in [2.75, 3.05) is 44.2 Å². The van der Waals surface area contributed by atoms with Crippen LogP contribution in [0.2, 0.25) is 0 Å². The number of rotatable bonds is 4. The molecule has 1 aliphatic carbocycles. The van der Waals surface area contributed by atoms with Crippen LogP contribution in [0.1, 0.15) is 47.2 Å². The maximum atomic E-state index is 15.0. The van der Waals surface area contributed by atoms with Crippen molar-refractivity contribution in [3.05, 3.63) is 70.9 Å². The van der Waals surface area contributed by atoms with Crippen LogP contribution in [0.15, 0.2) is 42.6 Å². The summed E-state index contributed by atoms with van der Waals surface area (Å²) in [6.07, 6.45) is 4.15. The quantitative estimate of drug-likeness (QED) is 0.482. The average molecular weight is 544 g/mol. The molecule has 40 heavy (non-hydrogen) atoms. The van der Waals surface area contributed by atoms with Crippen molar-refractivity contribution in [2.45, 2.75) is 38.0 Å². The summed E-state index contributed by atoms with van der Waals surface area (Å²) in [6.45, 7) is 4.40. The number of anilines is 1. The minimum absolute atomic E-state index is 0.140. The van der Waals surface area contributed by atoms with E-state index >= 15 is 0 Å². The molecule has 7 nitrogen and oxygen atoms in total. The third kappa shape index (κ3) is 4.66. The van der Waals surface area contributed by atoms with Crippen LogP contribution in [0.3, 0.4) is 0 Å². The molecule has 0 unspecified atom stereocenters. The highest BCUT2D eigenvalue weighted by Gasteiger charge is 2.40. The third-order valence-corrected chi connectivity index (χ3v) is 8.62. The summed E-state index contributed by atoms with van der Waals surface area (Å²) in [4.78, 5) is 36.4. The lowest BCUT2D eigenvalue weighted by molar-refractivity contribution is -0.134. The standard InChI is InChI=1S/C31H31F2N5O2/c1-20-2-6-25(26(33)16-20)31(19-34)8-10-36(11-9-31)28-23-17-22(32)5-7-27(23)35-18-24(28)30(40)38-14-12-37(13-15-38)29(39)21-3-4-21/h2,5-7,16-18,21H,3-4,8-15H2,1H3. The van der Waals surface area contributed by atoms with Gasteiger partial charge in [0.15, 0.2) is 0 Å². The van der Waals surface area contributed by atoms with Gasteiger partial charge in [-0.05, 0) is 62.4 Å². The zero-order valence-electron chi connectivity index (χ0n) is 22.5. The van der Waals surface area contributed by atoms with E-state index in [1.165, 1.54) is 18.2 Å². The first-order valence-electron chi connectivity index (χ1n) is 13.9. The molecule has 2 saturated heterocycles. The molecule has 1 saturated carbocycles. The van der Waals surface area contributed by atoms with Crippen molar-refractivity contribution >= 4 is 28.4 Å². The van der Waals surface area contributed by atoms with Crippen LogP contribution < -0.4 is 4.90 Å². The maximum Gasteiger partial charge on any atom is 0.257 e. The lowest BCUT2D eigenvalue weighted by Gasteiger charge is -2.40. The summed E-state index contributed by atoms with van der Waals surface area (Å²) in [5, 5.41) is 10.7. The summed E-state index contributed by atoms with van der Waals surface area (Å²) >= 11 is 0. The van der Waals surface area contributed by atoms with Crippen LogP contribution in [0, 0.1) is 35.8 Å². The van der Waals surface area contributed by atoms with E-state index in [1.54, 1.807) is 23.2 Å². The highest BCUT2D eigenvalue weighted by molar-refractivity contribution is 6.07. The van der Waals surface area contributed by atoms with E-state index in [1.807, 2.05) is 22.8 Å². The lowest BCUT2D eigenvalue weighted by Crippen LogP contribution is -2.51. The molecule has 0 atom stereocenters. The summed E-state index contributed by atoms with van der Waals surface area (Å²) in [5.41, 5.74) is 1.71. The number of benzene rings is 2. The van der Waals surface area contributed by atoms with Gasteiger partial charge in [-0.15, -0.1) is 0 Å². The number of fused-ring (bicyclic) bond motifs is 1.